The molecule has 1 aromatic heterocycles. The molecule has 7 heteroatoms. The highest BCUT2D eigenvalue weighted by atomic mass is 16.2. The number of aryl methyl sites for hydroxylation is 1. The minimum absolute atomic E-state index is 0.00696. The number of carbonyl (C=O) groups is 2. The van der Waals surface area contributed by atoms with Crippen LogP contribution in [0.4, 0.5) is 0 Å². The highest BCUT2D eigenvalue weighted by Crippen LogP contribution is 1.99. The van der Waals surface area contributed by atoms with Crippen LogP contribution in [0.5, 0.6) is 0 Å². The first kappa shape index (κ1) is 13.1. The van der Waals surface area contributed by atoms with E-state index in [0.717, 1.165) is 12.8 Å². The molecule has 0 aliphatic heterocycles. The summed E-state index contributed by atoms with van der Waals surface area (Å²) in [5.41, 5.74) is 0. The molecule has 0 aliphatic carbocycles. The van der Waals surface area contributed by atoms with Gasteiger partial charge in [0.1, 0.15) is 5.82 Å². The fraction of sp³-hybridized carbons (Fsp3) is 0.600. The lowest BCUT2D eigenvalue weighted by Crippen LogP contribution is -2.37. The molecule has 1 aromatic rings. The summed E-state index contributed by atoms with van der Waals surface area (Å²) in [4.78, 5) is 28.3. The normalized spacial score (nSPS) is 10.1. The van der Waals surface area contributed by atoms with Gasteiger partial charge in [0.05, 0.1) is 6.54 Å². The number of hydrogen-bond donors (Lipinski definition) is 2. The number of nitrogens with one attached hydrogen (secondary N) is 2. The lowest BCUT2D eigenvalue weighted by atomic mass is 10.3. The van der Waals surface area contributed by atoms with Crippen LogP contribution in [0, 0.1) is 0 Å². The summed E-state index contributed by atoms with van der Waals surface area (Å²) in [6.07, 6.45) is 1.68. The Morgan fingerprint density at radius 2 is 2.18 bits per heavy atom. The molecule has 0 bridgehead atoms. The van der Waals surface area contributed by atoms with Gasteiger partial charge < -0.3 is 10.2 Å². The van der Waals surface area contributed by atoms with Gasteiger partial charge in [-0.3, -0.25) is 14.7 Å². The van der Waals surface area contributed by atoms with E-state index in [1.807, 2.05) is 6.92 Å². The molecule has 0 spiro atoms. The van der Waals surface area contributed by atoms with Gasteiger partial charge in [-0.2, -0.15) is 0 Å². The highest BCUT2D eigenvalue weighted by molar-refractivity contribution is 5.93. The first-order chi connectivity index (χ1) is 8.08. The number of aromatic amines is 1. The molecule has 0 radical (unpaired) electrons. The lowest BCUT2D eigenvalue weighted by Gasteiger charge is -2.13. The van der Waals surface area contributed by atoms with Gasteiger partial charge in [-0.05, 0) is 6.42 Å². The predicted molar refractivity (Wildman–Crippen MR) is 61.4 cm³/mol. The molecule has 0 aliphatic rings. The van der Waals surface area contributed by atoms with Crippen molar-refractivity contribution in [2.75, 3.05) is 20.6 Å². The molecule has 17 heavy (non-hydrogen) atoms. The van der Waals surface area contributed by atoms with Gasteiger partial charge in [-0.1, -0.05) is 6.92 Å². The summed E-state index contributed by atoms with van der Waals surface area (Å²) >= 11 is 0. The van der Waals surface area contributed by atoms with Crippen molar-refractivity contribution in [2.45, 2.75) is 19.8 Å². The number of H-pyrrole nitrogens is 1. The number of likely N-dealkylation sites (N-methyl/N-ethyl adjacent to an activating group) is 2. The zero-order valence-corrected chi connectivity index (χ0v) is 10.3. The van der Waals surface area contributed by atoms with Crippen LogP contribution in [-0.4, -0.2) is 52.5 Å². The minimum atomic E-state index is -0.368. The molecule has 2 N–H and O–H groups in total. The van der Waals surface area contributed by atoms with Crippen molar-refractivity contribution >= 4 is 11.8 Å². The maximum Gasteiger partial charge on any atom is 0.293 e. The van der Waals surface area contributed by atoms with Crippen LogP contribution in [0.25, 0.3) is 0 Å². The Labute approximate surface area is 99.6 Å². The Balaban J connectivity index is 2.64. The molecule has 0 unspecified atom stereocenters. The van der Waals surface area contributed by atoms with Crippen LogP contribution in [-0.2, 0) is 11.2 Å². The number of carbonyl (C=O) groups excluding carboxylic acids is 2. The van der Waals surface area contributed by atoms with Gasteiger partial charge in [0.25, 0.3) is 5.91 Å². The topological polar surface area (TPSA) is 91.0 Å². The van der Waals surface area contributed by atoms with Crippen LogP contribution in [0.15, 0.2) is 0 Å². The standard InChI is InChI=1S/C10H17N5O2/c1-4-5-7-12-9(14-13-7)10(17)15(3)6-8(16)11-2/h4-6H2,1-3H3,(H,11,16)(H,12,13,14). The Kier molecular flexibility index (Phi) is 4.62. The van der Waals surface area contributed by atoms with Crippen molar-refractivity contribution in [1.82, 2.24) is 25.4 Å². The predicted octanol–water partition coefficient (Wildman–Crippen LogP) is -0.425. The third-order valence-corrected chi connectivity index (χ3v) is 2.22. The smallest absolute Gasteiger partial charge is 0.293 e. The molecule has 2 amide bonds. The molecule has 94 valence electrons. The van der Waals surface area contributed by atoms with E-state index in [2.05, 4.69) is 20.5 Å². The highest BCUT2D eigenvalue weighted by Gasteiger charge is 2.18. The van der Waals surface area contributed by atoms with Crippen LogP contribution in [0.1, 0.15) is 29.8 Å². The lowest BCUT2D eigenvalue weighted by molar-refractivity contribution is -0.121. The zero-order chi connectivity index (χ0) is 12.8. The van der Waals surface area contributed by atoms with E-state index >= 15 is 0 Å². The Bertz CT molecular complexity index is 401. The van der Waals surface area contributed by atoms with Gasteiger partial charge in [0, 0.05) is 20.5 Å². The quantitative estimate of drug-likeness (QED) is 0.729. The summed E-state index contributed by atoms with van der Waals surface area (Å²) < 4.78 is 0. The Morgan fingerprint density at radius 1 is 1.47 bits per heavy atom. The minimum Gasteiger partial charge on any atom is -0.358 e. The van der Waals surface area contributed by atoms with E-state index in [4.69, 9.17) is 0 Å². The van der Waals surface area contributed by atoms with E-state index in [1.165, 1.54) is 19.0 Å². The molecule has 0 saturated heterocycles. The van der Waals surface area contributed by atoms with E-state index in [9.17, 15) is 9.59 Å². The maximum absolute atomic E-state index is 11.8. The van der Waals surface area contributed by atoms with E-state index in [0.29, 0.717) is 5.82 Å². The van der Waals surface area contributed by atoms with Crippen LogP contribution < -0.4 is 5.32 Å². The Morgan fingerprint density at radius 3 is 2.76 bits per heavy atom. The van der Waals surface area contributed by atoms with Gasteiger partial charge in [0.15, 0.2) is 0 Å². The molecule has 0 aromatic carbocycles. The fourth-order valence-electron chi connectivity index (χ4n) is 1.28. The summed E-state index contributed by atoms with van der Waals surface area (Å²) in [7, 11) is 3.06. The van der Waals surface area contributed by atoms with Crippen molar-refractivity contribution in [2.24, 2.45) is 0 Å². The SMILES string of the molecule is CCCc1nc(C(=O)N(C)CC(=O)NC)n[nH]1. The van der Waals surface area contributed by atoms with Crippen molar-refractivity contribution in [3.8, 4) is 0 Å². The van der Waals surface area contributed by atoms with Crippen molar-refractivity contribution in [1.29, 1.82) is 0 Å². The molecular formula is C10H17N5O2. The van der Waals surface area contributed by atoms with E-state index in [1.54, 1.807) is 0 Å². The summed E-state index contributed by atoms with van der Waals surface area (Å²) in [5.74, 6) is 0.182. The summed E-state index contributed by atoms with van der Waals surface area (Å²) in [6.45, 7) is 2.01. The first-order valence-electron chi connectivity index (χ1n) is 5.45. The average molecular weight is 239 g/mol. The maximum atomic E-state index is 11.8. The Hall–Kier alpha value is -1.92. The molecule has 0 atom stereocenters. The second-order valence-corrected chi connectivity index (χ2v) is 3.69. The van der Waals surface area contributed by atoms with Crippen molar-refractivity contribution < 1.29 is 9.59 Å². The van der Waals surface area contributed by atoms with Crippen LogP contribution >= 0.6 is 0 Å². The van der Waals surface area contributed by atoms with E-state index < -0.39 is 0 Å². The number of nitrogens with zero attached hydrogens (tertiary/aromatic N) is 3. The molecule has 0 fully saturated rings. The van der Waals surface area contributed by atoms with Gasteiger partial charge in [-0.25, -0.2) is 4.98 Å². The van der Waals surface area contributed by atoms with Gasteiger partial charge >= 0.3 is 0 Å². The molecule has 0 saturated carbocycles. The average Bonchev–Trinajstić information content (AvgIpc) is 2.76. The molecule has 1 heterocycles. The van der Waals surface area contributed by atoms with E-state index in [-0.39, 0.29) is 24.2 Å². The van der Waals surface area contributed by atoms with Crippen molar-refractivity contribution in [3.05, 3.63) is 11.6 Å². The molecular weight excluding hydrogens is 222 g/mol. The second kappa shape index (κ2) is 5.97. The third-order valence-electron chi connectivity index (χ3n) is 2.22. The second-order valence-electron chi connectivity index (χ2n) is 3.69. The van der Waals surface area contributed by atoms with Gasteiger partial charge in [-0.15, -0.1) is 5.10 Å². The largest absolute Gasteiger partial charge is 0.358 e. The molecule has 1 rings (SSSR count). The number of rotatable bonds is 5. The number of amides is 2. The first-order valence-corrected chi connectivity index (χ1v) is 5.45. The summed E-state index contributed by atoms with van der Waals surface area (Å²) in [6, 6.07) is 0. The summed E-state index contributed by atoms with van der Waals surface area (Å²) in [5, 5.41) is 8.98. The number of hydrogen-bond acceptors (Lipinski definition) is 4. The van der Waals surface area contributed by atoms with Gasteiger partial charge in [0.2, 0.25) is 11.7 Å². The third kappa shape index (κ3) is 3.54. The van der Waals surface area contributed by atoms with Crippen molar-refractivity contribution in [3.63, 3.8) is 0 Å². The molecule has 7 nitrogen and oxygen atoms in total. The fourth-order valence-corrected chi connectivity index (χ4v) is 1.28. The van der Waals surface area contributed by atoms with Crippen LogP contribution in [0.3, 0.4) is 0 Å². The zero-order valence-electron chi connectivity index (χ0n) is 10.3. The number of aromatic nitrogens is 3. The van der Waals surface area contributed by atoms with Crippen LogP contribution in [0.2, 0.25) is 0 Å². The monoisotopic (exact) mass is 239 g/mol.